The van der Waals surface area contributed by atoms with Crippen LogP contribution in [-0.4, -0.2) is 4.98 Å². The predicted molar refractivity (Wildman–Crippen MR) is 92.8 cm³/mol. The maximum atomic E-state index is 12.5. The zero-order valence-electron chi connectivity index (χ0n) is 10.8. The first-order valence-electron chi connectivity index (χ1n) is 6.66. The van der Waals surface area contributed by atoms with E-state index in [1.165, 1.54) is 9.40 Å². The van der Waals surface area contributed by atoms with Crippen LogP contribution in [0.5, 0.6) is 0 Å². The van der Waals surface area contributed by atoms with Crippen molar-refractivity contribution in [2.75, 3.05) is 0 Å². The molecule has 5 rings (SSSR count). The summed E-state index contributed by atoms with van der Waals surface area (Å²) >= 11 is 3.29. The molecular weight excluding hydrogens is 298 g/mol. The molecule has 0 bridgehead atoms. The van der Waals surface area contributed by atoms with Crippen LogP contribution in [0.15, 0.2) is 52.6 Å². The number of pyridine rings is 1. The standard InChI is InChI=1S/C17H9NOS2/c19-16-15-13(12-7-8-20-17(12)21-15)11-6-5-9-3-1-2-4-10(9)14(11)18-16/h1-8H,(H,18,19). The van der Waals surface area contributed by atoms with Gasteiger partial charge in [0.15, 0.2) is 0 Å². The molecule has 5 aromatic rings. The highest BCUT2D eigenvalue weighted by Gasteiger charge is 2.14. The van der Waals surface area contributed by atoms with Crippen molar-refractivity contribution in [1.29, 1.82) is 0 Å². The van der Waals surface area contributed by atoms with Gasteiger partial charge in [-0.05, 0) is 16.8 Å². The maximum absolute atomic E-state index is 12.5. The van der Waals surface area contributed by atoms with Gasteiger partial charge in [-0.2, -0.15) is 0 Å². The minimum absolute atomic E-state index is 0.0160. The Morgan fingerprint density at radius 3 is 2.76 bits per heavy atom. The number of hydrogen-bond acceptors (Lipinski definition) is 3. The molecule has 0 unspecified atom stereocenters. The first-order chi connectivity index (χ1) is 10.3. The molecule has 0 fully saturated rings. The van der Waals surface area contributed by atoms with Crippen molar-refractivity contribution < 1.29 is 0 Å². The summed E-state index contributed by atoms with van der Waals surface area (Å²) < 4.78 is 2.05. The van der Waals surface area contributed by atoms with Crippen LogP contribution < -0.4 is 5.56 Å². The van der Waals surface area contributed by atoms with Crippen molar-refractivity contribution in [2.24, 2.45) is 0 Å². The smallest absolute Gasteiger partial charge is 0.266 e. The van der Waals surface area contributed by atoms with Gasteiger partial charge in [0.05, 0.1) is 9.53 Å². The summed E-state index contributed by atoms with van der Waals surface area (Å²) in [7, 11) is 0. The van der Waals surface area contributed by atoms with Crippen LogP contribution in [0.1, 0.15) is 0 Å². The van der Waals surface area contributed by atoms with Crippen LogP contribution >= 0.6 is 22.7 Å². The summed E-state index contributed by atoms with van der Waals surface area (Å²) in [5.41, 5.74) is 0.957. The third-order valence-corrected chi connectivity index (χ3v) is 6.21. The third-order valence-electron chi connectivity index (χ3n) is 3.96. The summed E-state index contributed by atoms with van der Waals surface area (Å²) in [5, 5.41) is 7.77. The molecule has 3 heterocycles. The van der Waals surface area contributed by atoms with Gasteiger partial charge in [-0.15, -0.1) is 22.7 Å². The topological polar surface area (TPSA) is 32.9 Å². The molecule has 0 aliphatic rings. The van der Waals surface area contributed by atoms with E-state index in [4.69, 9.17) is 0 Å². The average Bonchev–Trinajstić information content (AvgIpc) is 3.08. The van der Waals surface area contributed by atoms with Crippen LogP contribution in [0.4, 0.5) is 0 Å². The van der Waals surface area contributed by atoms with E-state index in [0.29, 0.717) is 0 Å². The molecule has 1 N–H and O–H groups in total. The molecule has 0 aliphatic carbocycles. The van der Waals surface area contributed by atoms with Gasteiger partial charge in [-0.3, -0.25) is 4.79 Å². The second-order valence-corrected chi connectivity index (χ2v) is 7.29. The zero-order chi connectivity index (χ0) is 14.0. The molecule has 0 spiro atoms. The van der Waals surface area contributed by atoms with Gasteiger partial charge in [0, 0.05) is 21.5 Å². The van der Waals surface area contributed by atoms with Gasteiger partial charge >= 0.3 is 0 Å². The van der Waals surface area contributed by atoms with Gasteiger partial charge in [0.1, 0.15) is 4.70 Å². The number of fused-ring (bicyclic) bond motifs is 7. The average molecular weight is 307 g/mol. The maximum Gasteiger partial charge on any atom is 0.266 e. The Balaban J connectivity index is 2.19. The number of aromatic amines is 1. The van der Waals surface area contributed by atoms with Crippen LogP contribution in [0.3, 0.4) is 0 Å². The number of benzene rings is 2. The number of H-pyrrole nitrogens is 1. The third kappa shape index (κ3) is 1.43. The Labute approximate surface area is 127 Å². The van der Waals surface area contributed by atoms with E-state index in [1.807, 2.05) is 12.1 Å². The van der Waals surface area contributed by atoms with Crippen molar-refractivity contribution in [3.05, 3.63) is 58.2 Å². The molecule has 4 heteroatoms. The fourth-order valence-electron chi connectivity index (χ4n) is 3.04. The van der Waals surface area contributed by atoms with Crippen molar-refractivity contribution in [2.45, 2.75) is 0 Å². The number of rotatable bonds is 0. The van der Waals surface area contributed by atoms with Crippen molar-refractivity contribution in [1.82, 2.24) is 4.98 Å². The molecular formula is C17H9NOS2. The Bertz CT molecular complexity index is 1210. The summed E-state index contributed by atoms with van der Waals surface area (Å²) in [6.07, 6.45) is 0. The highest BCUT2D eigenvalue weighted by atomic mass is 32.2. The minimum Gasteiger partial charge on any atom is -0.320 e. The molecule has 0 radical (unpaired) electrons. The second-order valence-electron chi connectivity index (χ2n) is 5.09. The molecule has 0 saturated carbocycles. The molecule has 0 atom stereocenters. The fourth-order valence-corrected chi connectivity index (χ4v) is 5.20. The lowest BCUT2D eigenvalue weighted by atomic mass is 10.0. The number of thiophene rings is 2. The molecule has 2 nitrogen and oxygen atoms in total. The zero-order valence-corrected chi connectivity index (χ0v) is 12.5. The fraction of sp³-hybridized carbons (Fsp3) is 0. The monoisotopic (exact) mass is 307 g/mol. The number of aromatic nitrogens is 1. The number of hydrogen-bond donors (Lipinski definition) is 1. The lowest BCUT2D eigenvalue weighted by Crippen LogP contribution is -2.04. The minimum atomic E-state index is 0.0160. The summed E-state index contributed by atoms with van der Waals surface area (Å²) in [5.74, 6) is 0. The lowest BCUT2D eigenvalue weighted by molar-refractivity contribution is 1.37. The SMILES string of the molecule is O=c1[nH]c2c3ccccc3ccc2c2c1sc1sccc12. The Kier molecular flexibility index (Phi) is 2.15. The van der Waals surface area contributed by atoms with Crippen molar-refractivity contribution in [3.8, 4) is 0 Å². The number of nitrogens with one attached hydrogen (secondary N) is 1. The van der Waals surface area contributed by atoms with Crippen molar-refractivity contribution in [3.63, 3.8) is 0 Å². The van der Waals surface area contributed by atoms with E-state index in [0.717, 1.165) is 31.8 Å². The molecule has 0 aliphatic heterocycles. The molecule has 0 amide bonds. The van der Waals surface area contributed by atoms with E-state index in [-0.39, 0.29) is 5.56 Å². The molecule has 3 aromatic heterocycles. The largest absolute Gasteiger partial charge is 0.320 e. The van der Waals surface area contributed by atoms with Crippen LogP contribution in [-0.2, 0) is 0 Å². The Morgan fingerprint density at radius 1 is 0.905 bits per heavy atom. The molecule has 2 aromatic carbocycles. The summed E-state index contributed by atoms with van der Waals surface area (Å²) in [6.45, 7) is 0. The highest BCUT2D eigenvalue weighted by molar-refractivity contribution is 7.41. The first kappa shape index (κ1) is 11.5. The van der Waals surface area contributed by atoms with Crippen LogP contribution in [0, 0.1) is 0 Å². The van der Waals surface area contributed by atoms with Crippen molar-refractivity contribution >= 4 is 63.8 Å². The van der Waals surface area contributed by atoms with E-state index >= 15 is 0 Å². The molecule has 0 saturated heterocycles. The van der Waals surface area contributed by atoms with Crippen LogP contribution in [0.2, 0.25) is 0 Å². The summed E-state index contributed by atoms with van der Waals surface area (Å²) in [4.78, 5) is 15.5. The predicted octanol–water partition coefficient (Wildman–Crippen LogP) is 5.11. The van der Waals surface area contributed by atoms with E-state index < -0.39 is 0 Å². The lowest BCUT2D eigenvalue weighted by Gasteiger charge is -2.05. The first-order valence-corrected chi connectivity index (χ1v) is 8.36. The van der Waals surface area contributed by atoms with Gasteiger partial charge in [-0.1, -0.05) is 36.4 Å². The van der Waals surface area contributed by atoms with Gasteiger partial charge in [-0.25, -0.2) is 0 Å². The molecule has 21 heavy (non-hydrogen) atoms. The molecule has 100 valence electrons. The summed E-state index contributed by atoms with van der Waals surface area (Å²) in [6, 6.07) is 14.5. The van der Waals surface area contributed by atoms with E-state index in [2.05, 4.69) is 40.7 Å². The normalized spacial score (nSPS) is 12.0. The second kappa shape index (κ2) is 3.93. The van der Waals surface area contributed by atoms with Gasteiger partial charge in [0.2, 0.25) is 0 Å². The van der Waals surface area contributed by atoms with Crippen LogP contribution in [0.25, 0.3) is 41.2 Å². The quantitative estimate of drug-likeness (QED) is 0.396. The van der Waals surface area contributed by atoms with E-state index in [9.17, 15) is 4.79 Å². The van der Waals surface area contributed by atoms with Gasteiger partial charge < -0.3 is 4.98 Å². The Hall–Kier alpha value is -2.17. The highest BCUT2D eigenvalue weighted by Crippen LogP contribution is 2.39. The Morgan fingerprint density at radius 2 is 1.81 bits per heavy atom. The van der Waals surface area contributed by atoms with Gasteiger partial charge in [0.25, 0.3) is 5.56 Å². The van der Waals surface area contributed by atoms with E-state index in [1.54, 1.807) is 22.7 Å².